The van der Waals surface area contributed by atoms with Crippen LogP contribution in [-0.2, 0) is 0 Å². The van der Waals surface area contributed by atoms with Crippen LogP contribution in [-0.4, -0.2) is 8.07 Å². The Hall–Kier alpha value is -3.04. The van der Waals surface area contributed by atoms with Crippen LogP contribution in [0.15, 0.2) is 75.8 Å². The lowest BCUT2D eigenvalue weighted by Gasteiger charge is -2.40. The van der Waals surface area contributed by atoms with Crippen LogP contribution >= 0.6 is 0 Å². The fraction of sp³-hybridized carbons (Fsp3) is 0.290. The van der Waals surface area contributed by atoms with Crippen molar-refractivity contribution in [2.75, 3.05) is 0 Å². The largest absolute Gasteiger partial charge is 0.466 e. The average molecular weight is 465 g/mol. The molecule has 0 fully saturated rings. The van der Waals surface area contributed by atoms with Gasteiger partial charge in [-0.1, -0.05) is 65.8 Å². The molecule has 0 N–H and O–H groups in total. The van der Waals surface area contributed by atoms with Crippen molar-refractivity contribution in [3.05, 3.63) is 66.9 Å². The quantitative estimate of drug-likeness (QED) is 0.192. The number of furan rings is 2. The highest BCUT2D eigenvalue weighted by Gasteiger charge is 2.47. The summed E-state index contributed by atoms with van der Waals surface area (Å²) in [6, 6.07) is 22.4. The molecule has 0 aliphatic rings. The predicted octanol–water partition coefficient (Wildman–Crippen LogP) is 9.52. The first kappa shape index (κ1) is 21.5. The Morgan fingerprint density at radius 3 is 1.68 bits per heavy atom. The maximum Gasteiger partial charge on any atom is 0.140 e. The van der Waals surface area contributed by atoms with Gasteiger partial charge in [0, 0.05) is 10.8 Å². The zero-order valence-electron chi connectivity index (χ0n) is 20.9. The highest BCUT2D eigenvalue weighted by molar-refractivity contribution is 6.94. The first-order chi connectivity index (χ1) is 16.3. The topological polar surface area (TPSA) is 26.3 Å². The molecule has 172 valence electrons. The van der Waals surface area contributed by atoms with Crippen molar-refractivity contribution in [1.82, 2.24) is 0 Å². The molecule has 0 spiro atoms. The van der Waals surface area contributed by atoms with E-state index in [0.717, 1.165) is 16.6 Å². The minimum atomic E-state index is -1.85. The van der Waals surface area contributed by atoms with Crippen molar-refractivity contribution in [2.45, 2.75) is 58.2 Å². The second-order valence-electron chi connectivity index (χ2n) is 10.9. The number of hydrogen-bond donors (Lipinski definition) is 0. The minimum Gasteiger partial charge on any atom is -0.466 e. The zero-order valence-corrected chi connectivity index (χ0v) is 21.9. The van der Waals surface area contributed by atoms with Crippen molar-refractivity contribution >= 4 is 67.7 Å². The lowest BCUT2D eigenvalue weighted by Crippen LogP contribution is -2.55. The van der Waals surface area contributed by atoms with Crippen LogP contribution in [0, 0.1) is 0 Å². The van der Waals surface area contributed by atoms with Gasteiger partial charge in [0.2, 0.25) is 0 Å². The fourth-order valence-electron chi connectivity index (χ4n) is 6.94. The monoisotopic (exact) mass is 464 g/mol. The molecule has 2 aromatic heterocycles. The van der Waals surface area contributed by atoms with Crippen LogP contribution in [0.1, 0.15) is 41.5 Å². The summed E-state index contributed by atoms with van der Waals surface area (Å²) in [5.41, 5.74) is 3.80. The van der Waals surface area contributed by atoms with E-state index in [-0.39, 0.29) is 0 Å². The van der Waals surface area contributed by atoms with Crippen LogP contribution < -0.4 is 5.38 Å². The molecule has 4 aromatic carbocycles. The number of benzene rings is 4. The van der Waals surface area contributed by atoms with Gasteiger partial charge in [0.05, 0.1) is 11.6 Å². The van der Waals surface area contributed by atoms with E-state index in [4.69, 9.17) is 8.83 Å². The molecule has 0 amide bonds. The maximum absolute atomic E-state index is 6.76. The van der Waals surface area contributed by atoms with Crippen molar-refractivity contribution in [2.24, 2.45) is 0 Å². The van der Waals surface area contributed by atoms with Gasteiger partial charge in [0.25, 0.3) is 0 Å². The lowest BCUT2D eigenvalue weighted by molar-refractivity contribution is 0.616. The smallest absolute Gasteiger partial charge is 0.140 e. The van der Waals surface area contributed by atoms with E-state index in [1.165, 1.54) is 43.1 Å². The maximum atomic E-state index is 6.76. The standard InChI is InChI=1S/C31H32O2Si/c1-18(2)34(19(3)4,20(5)6)31-15-24-14-22-8-10-25-26(28(22)17-30(24)33-31)9-7-21-13-23-11-12-32-29(23)16-27(21)25/h7-20H,1-6H3. The molecule has 3 heteroatoms. The Kier molecular flexibility index (Phi) is 4.73. The SMILES string of the molecule is CC(C)[Si](c1cc2cc3ccc4c5cc6occc6cc5ccc4c3cc2o1)(C(C)C)C(C)C. The molecule has 6 aromatic rings. The summed E-state index contributed by atoms with van der Waals surface area (Å²) in [6.07, 6.45) is 1.77. The summed E-state index contributed by atoms with van der Waals surface area (Å²) in [4.78, 5) is 0. The van der Waals surface area contributed by atoms with Crippen molar-refractivity contribution < 1.29 is 8.83 Å². The van der Waals surface area contributed by atoms with E-state index in [1.807, 2.05) is 6.07 Å². The Morgan fingerprint density at radius 1 is 0.529 bits per heavy atom. The number of hydrogen-bond acceptors (Lipinski definition) is 2. The van der Waals surface area contributed by atoms with E-state index < -0.39 is 8.07 Å². The molecular weight excluding hydrogens is 432 g/mol. The van der Waals surface area contributed by atoms with E-state index in [2.05, 4.69) is 96.1 Å². The third kappa shape index (κ3) is 2.86. The summed E-state index contributed by atoms with van der Waals surface area (Å²) in [7, 11) is -1.85. The van der Waals surface area contributed by atoms with Gasteiger partial charge in [-0.15, -0.1) is 0 Å². The Labute approximate surface area is 201 Å². The molecule has 0 aliphatic heterocycles. The predicted molar refractivity (Wildman–Crippen MR) is 149 cm³/mol. The minimum absolute atomic E-state index is 0.619. The summed E-state index contributed by atoms with van der Waals surface area (Å²) >= 11 is 0. The average Bonchev–Trinajstić information content (AvgIpc) is 3.41. The fourth-order valence-corrected chi connectivity index (χ4v) is 13.3. The van der Waals surface area contributed by atoms with Gasteiger partial charge >= 0.3 is 0 Å². The number of fused-ring (bicyclic) bond motifs is 7. The molecule has 2 heterocycles. The van der Waals surface area contributed by atoms with Crippen LogP contribution in [0.3, 0.4) is 0 Å². The van der Waals surface area contributed by atoms with Gasteiger partial charge in [0.15, 0.2) is 0 Å². The third-order valence-corrected chi connectivity index (χ3v) is 15.2. The van der Waals surface area contributed by atoms with Gasteiger partial charge in [-0.25, -0.2) is 0 Å². The van der Waals surface area contributed by atoms with E-state index in [9.17, 15) is 0 Å². The molecular formula is C31H32O2Si. The summed E-state index contributed by atoms with van der Waals surface area (Å²) < 4.78 is 12.5. The van der Waals surface area contributed by atoms with E-state index in [1.54, 1.807) is 6.26 Å². The Morgan fingerprint density at radius 2 is 1.09 bits per heavy atom. The second-order valence-corrected chi connectivity index (χ2v) is 16.7. The van der Waals surface area contributed by atoms with Crippen LogP contribution in [0.4, 0.5) is 0 Å². The summed E-state index contributed by atoms with van der Waals surface area (Å²) in [6.45, 7) is 14.4. The Balaban J connectivity index is 1.63. The van der Waals surface area contributed by atoms with E-state index >= 15 is 0 Å². The molecule has 0 saturated carbocycles. The second kappa shape index (κ2) is 7.48. The molecule has 0 saturated heterocycles. The highest BCUT2D eigenvalue weighted by Crippen LogP contribution is 2.42. The number of rotatable bonds is 4. The third-order valence-electron chi connectivity index (χ3n) is 8.34. The summed E-state index contributed by atoms with van der Waals surface area (Å²) in [5.74, 6) is 0. The molecule has 0 atom stereocenters. The molecule has 0 unspecified atom stereocenters. The Bertz CT molecular complexity index is 1680. The van der Waals surface area contributed by atoms with Crippen molar-refractivity contribution in [3.8, 4) is 0 Å². The van der Waals surface area contributed by atoms with Crippen LogP contribution in [0.2, 0.25) is 16.6 Å². The molecule has 0 bridgehead atoms. The first-order valence-corrected chi connectivity index (χ1v) is 14.7. The highest BCUT2D eigenvalue weighted by atomic mass is 28.3. The van der Waals surface area contributed by atoms with Gasteiger partial charge in [-0.05, 0) is 85.3 Å². The van der Waals surface area contributed by atoms with Crippen LogP contribution in [0.5, 0.6) is 0 Å². The van der Waals surface area contributed by atoms with E-state index in [0.29, 0.717) is 16.6 Å². The molecule has 34 heavy (non-hydrogen) atoms. The van der Waals surface area contributed by atoms with Gasteiger partial charge in [-0.2, -0.15) is 0 Å². The molecule has 0 radical (unpaired) electrons. The molecule has 0 aliphatic carbocycles. The zero-order chi connectivity index (χ0) is 23.8. The van der Waals surface area contributed by atoms with Gasteiger partial charge < -0.3 is 8.83 Å². The summed E-state index contributed by atoms with van der Waals surface area (Å²) in [5, 5.41) is 11.1. The van der Waals surface area contributed by atoms with Gasteiger partial charge in [0.1, 0.15) is 19.2 Å². The normalized spacial score (nSPS) is 13.2. The van der Waals surface area contributed by atoms with Crippen LogP contribution in [0.25, 0.3) is 54.3 Å². The van der Waals surface area contributed by atoms with Crippen molar-refractivity contribution in [1.29, 1.82) is 0 Å². The van der Waals surface area contributed by atoms with Crippen molar-refractivity contribution in [3.63, 3.8) is 0 Å². The molecule has 6 rings (SSSR count). The van der Waals surface area contributed by atoms with Gasteiger partial charge in [-0.3, -0.25) is 0 Å². The molecule has 2 nitrogen and oxygen atoms in total. The lowest BCUT2D eigenvalue weighted by atomic mass is 9.96. The first-order valence-electron chi connectivity index (χ1n) is 12.5.